The molecule has 0 aliphatic carbocycles. The van der Waals surface area contributed by atoms with Crippen LogP contribution in [0.3, 0.4) is 0 Å². The van der Waals surface area contributed by atoms with Crippen LogP contribution in [0.15, 0.2) is 28.2 Å². The van der Waals surface area contributed by atoms with Crippen molar-refractivity contribution in [3.63, 3.8) is 0 Å². The predicted molar refractivity (Wildman–Crippen MR) is 72.7 cm³/mol. The highest BCUT2D eigenvalue weighted by Gasteiger charge is 2.18. The van der Waals surface area contributed by atoms with Gasteiger partial charge in [-0.1, -0.05) is 0 Å². The largest absolute Gasteiger partial charge is 0.462 e. The van der Waals surface area contributed by atoms with E-state index in [1.807, 2.05) is 11.4 Å². The lowest BCUT2D eigenvalue weighted by Gasteiger charge is -2.01. The predicted octanol–water partition coefficient (Wildman–Crippen LogP) is 1.61. The monoisotopic (exact) mass is 305 g/mol. The molecule has 3 aromatic heterocycles. The van der Waals surface area contributed by atoms with Gasteiger partial charge in [-0.3, -0.25) is 0 Å². The highest BCUT2D eigenvalue weighted by molar-refractivity contribution is 7.13. The highest BCUT2D eigenvalue weighted by atomic mass is 32.1. The fourth-order valence-electron chi connectivity index (χ4n) is 1.70. The van der Waals surface area contributed by atoms with E-state index in [1.165, 1.54) is 16.0 Å². The minimum absolute atomic E-state index is 0.0596. The van der Waals surface area contributed by atoms with Gasteiger partial charge in [0.2, 0.25) is 0 Å². The SMILES string of the molecule is CCOC(=O)c1nnnn1Cc1csc(-c2ccco2)n1. The molecular formula is C12H11N5O3S. The minimum Gasteiger partial charge on any atom is -0.462 e. The zero-order chi connectivity index (χ0) is 14.7. The molecule has 0 radical (unpaired) electrons. The molecule has 0 atom stereocenters. The third-order valence-electron chi connectivity index (χ3n) is 2.59. The third-order valence-corrected chi connectivity index (χ3v) is 3.49. The maximum Gasteiger partial charge on any atom is 0.378 e. The van der Waals surface area contributed by atoms with E-state index < -0.39 is 5.97 Å². The fourth-order valence-corrected chi connectivity index (χ4v) is 2.48. The Morgan fingerprint density at radius 3 is 3.19 bits per heavy atom. The first-order chi connectivity index (χ1) is 10.3. The Kier molecular flexibility index (Phi) is 3.73. The van der Waals surface area contributed by atoms with Crippen LogP contribution in [-0.4, -0.2) is 37.8 Å². The molecule has 0 spiro atoms. The summed E-state index contributed by atoms with van der Waals surface area (Å²) in [5, 5.41) is 13.6. The molecule has 3 heterocycles. The van der Waals surface area contributed by atoms with Gasteiger partial charge in [-0.15, -0.1) is 16.4 Å². The van der Waals surface area contributed by atoms with Crippen molar-refractivity contribution < 1.29 is 13.9 Å². The van der Waals surface area contributed by atoms with Gasteiger partial charge in [0.15, 0.2) is 10.8 Å². The number of nitrogens with zero attached hydrogens (tertiary/aromatic N) is 5. The summed E-state index contributed by atoms with van der Waals surface area (Å²) < 4.78 is 11.5. The van der Waals surface area contributed by atoms with Crippen LogP contribution in [0.2, 0.25) is 0 Å². The Labute approximate surface area is 123 Å². The lowest BCUT2D eigenvalue weighted by molar-refractivity contribution is 0.0505. The first-order valence-electron chi connectivity index (χ1n) is 6.19. The second-order valence-electron chi connectivity index (χ2n) is 4.00. The molecule has 8 nitrogen and oxygen atoms in total. The summed E-state index contributed by atoms with van der Waals surface area (Å²) in [6, 6.07) is 3.64. The summed E-state index contributed by atoms with van der Waals surface area (Å²) in [7, 11) is 0. The molecule has 21 heavy (non-hydrogen) atoms. The molecular weight excluding hydrogens is 294 g/mol. The van der Waals surface area contributed by atoms with E-state index >= 15 is 0 Å². The van der Waals surface area contributed by atoms with Crippen LogP contribution in [0.4, 0.5) is 0 Å². The molecule has 3 rings (SSSR count). The van der Waals surface area contributed by atoms with Crippen LogP contribution < -0.4 is 0 Å². The zero-order valence-electron chi connectivity index (χ0n) is 11.1. The maximum absolute atomic E-state index is 11.7. The number of hydrogen-bond donors (Lipinski definition) is 0. The molecule has 0 unspecified atom stereocenters. The second kappa shape index (κ2) is 5.83. The number of hydrogen-bond acceptors (Lipinski definition) is 8. The van der Waals surface area contributed by atoms with E-state index in [9.17, 15) is 4.79 Å². The number of esters is 1. The number of tetrazole rings is 1. The van der Waals surface area contributed by atoms with E-state index in [-0.39, 0.29) is 12.4 Å². The minimum atomic E-state index is -0.552. The summed E-state index contributed by atoms with van der Waals surface area (Å²) in [6.45, 7) is 2.28. The number of carbonyl (C=O) groups excluding carboxylic acids is 1. The fraction of sp³-hybridized carbons (Fsp3) is 0.250. The highest BCUT2D eigenvalue weighted by Crippen LogP contribution is 2.24. The molecule has 0 amide bonds. The quantitative estimate of drug-likeness (QED) is 0.661. The molecule has 0 saturated carbocycles. The summed E-state index contributed by atoms with van der Waals surface area (Å²) in [6.07, 6.45) is 1.59. The summed E-state index contributed by atoms with van der Waals surface area (Å²) >= 11 is 1.45. The Bertz CT molecular complexity index is 734. The van der Waals surface area contributed by atoms with Crippen molar-refractivity contribution in [2.45, 2.75) is 13.5 Å². The lowest BCUT2D eigenvalue weighted by Crippen LogP contribution is -2.15. The van der Waals surface area contributed by atoms with E-state index in [4.69, 9.17) is 9.15 Å². The zero-order valence-corrected chi connectivity index (χ0v) is 11.9. The van der Waals surface area contributed by atoms with Gasteiger partial charge in [0.1, 0.15) is 0 Å². The standard InChI is InChI=1S/C12H11N5O3S/c1-2-19-12(18)10-14-15-16-17(10)6-8-7-21-11(13-8)9-4-3-5-20-9/h3-5,7H,2,6H2,1H3. The first kappa shape index (κ1) is 13.4. The van der Waals surface area contributed by atoms with Crippen molar-refractivity contribution in [2.24, 2.45) is 0 Å². The van der Waals surface area contributed by atoms with Crippen LogP contribution in [0, 0.1) is 0 Å². The van der Waals surface area contributed by atoms with Crippen LogP contribution in [0.5, 0.6) is 0 Å². The van der Waals surface area contributed by atoms with E-state index in [1.54, 1.807) is 19.3 Å². The van der Waals surface area contributed by atoms with Crippen LogP contribution in [0.25, 0.3) is 10.8 Å². The lowest BCUT2D eigenvalue weighted by atomic mass is 10.4. The molecule has 0 bridgehead atoms. The number of aromatic nitrogens is 5. The number of ether oxygens (including phenoxy) is 1. The second-order valence-corrected chi connectivity index (χ2v) is 4.86. The van der Waals surface area contributed by atoms with Crippen LogP contribution in [-0.2, 0) is 11.3 Å². The van der Waals surface area contributed by atoms with Crippen molar-refractivity contribution in [1.82, 2.24) is 25.2 Å². The van der Waals surface area contributed by atoms with E-state index in [0.717, 1.165) is 10.7 Å². The molecule has 0 saturated heterocycles. The number of thiazole rings is 1. The molecule has 0 fully saturated rings. The van der Waals surface area contributed by atoms with Crippen molar-refractivity contribution in [3.05, 3.63) is 35.3 Å². The molecule has 0 aromatic carbocycles. The average molecular weight is 305 g/mol. The number of carbonyl (C=O) groups is 1. The van der Waals surface area contributed by atoms with Crippen molar-refractivity contribution >= 4 is 17.3 Å². The van der Waals surface area contributed by atoms with E-state index in [2.05, 4.69) is 20.5 Å². The maximum atomic E-state index is 11.7. The third kappa shape index (κ3) is 2.82. The molecule has 0 aliphatic rings. The van der Waals surface area contributed by atoms with Gasteiger partial charge in [-0.25, -0.2) is 14.5 Å². The van der Waals surface area contributed by atoms with Gasteiger partial charge in [0.25, 0.3) is 5.82 Å². The normalized spacial score (nSPS) is 10.7. The van der Waals surface area contributed by atoms with Gasteiger partial charge in [0, 0.05) is 5.38 Å². The first-order valence-corrected chi connectivity index (χ1v) is 7.07. The summed E-state index contributed by atoms with van der Waals surface area (Å²) in [4.78, 5) is 16.1. The van der Waals surface area contributed by atoms with Gasteiger partial charge in [0.05, 0.1) is 25.1 Å². The van der Waals surface area contributed by atoms with Crippen molar-refractivity contribution in [2.75, 3.05) is 6.61 Å². The van der Waals surface area contributed by atoms with E-state index in [0.29, 0.717) is 12.3 Å². The van der Waals surface area contributed by atoms with Crippen LogP contribution in [0.1, 0.15) is 23.2 Å². The Morgan fingerprint density at radius 1 is 1.52 bits per heavy atom. The molecule has 0 aliphatic heterocycles. The molecule has 0 N–H and O–H groups in total. The van der Waals surface area contributed by atoms with Crippen molar-refractivity contribution in [1.29, 1.82) is 0 Å². The summed E-state index contributed by atoms with van der Waals surface area (Å²) in [5.41, 5.74) is 0.740. The van der Waals surface area contributed by atoms with Gasteiger partial charge < -0.3 is 9.15 Å². The number of furan rings is 1. The van der Waals surface area contributed by atoms with Gasteiger partial charge in [-0.05, 0) is 29.5 Å². The Hall–Kier alpha value is -2.55. The Morgan fingerprint density at radius 2 is 2.43 bits per heavy atom. The van der Waals surface area contributed by atoms with Gasteiger partial charge in [-0.2, -0.15) is 0 Å². The Balaban J connectivity index is 1.79. The topological polar surface area (TPSA) is 95.9 Å². The molecule has 9 heteroatoms. The summed E-state index contributed by atoms with van der Waals surface area (Å²) in [5.74, 6) is 0.210. The number of rotatable bonds is 5. The van der Waals surface area contributed by atoms with Gasteiger partial charge >= 0.3 is 5.97 Å². The average Bonchev–Trinajstić information content (AvgIpc) is 3.20. The molecule has 108 valence electrons. The molecule has 3 aromatic rings. The van der Waals surface area contributed by atoms with Crippen molar-refractivity contribution in [3.8, 4) is 10.8 Å². The van der Waals surface area contributed by atoms with Crippen LogP contribution >= 0.6 is 11.3 Å². The smallest absolute Gasteiger partial charge is 0.378 e.